The highest BCUT2D eigenvalue weighted by Gasteiger charge is 2.41. The van der Waals surface area contributed by atoms with Gasteiger partial charge in [-0.05, 0) is 55.9 Å². The van der Waals surface area contributed by atoms with Crippen LogP contribution in [0.25, 0.3) is 0 Å². The molecular formula is C16H25N3O. The van der Waals surface area contributed by atoms with E-state index in [-0.39, 0.29) is 5.91 Å². The number of hydrogen-bond donors (Lipinski definition) is 2. The van der Waals surface area contributed by atoms with E-state index < -0.39 is 0 Å². The minimum Gasteiger partial charge on any atom is -0.397 e. The van der Waals surface area contributed by atoms with Crippen molar-refractivity contribution >= 4 is 11.6 Å². The van der Waals surface area contributed by atoms with Gasteiger partial charge >= 0.3 is 0 Å². The van der Waals surface area contributed by atoms with Crippen LogP contribution in [-0.2, 0) is 6.54 Å². The minimum atomic E-state index is 0.0291. The van der Waals surface area contributed by atoms with Crippen molar-refractivity contribution < 1.29 is 4.79 Å². The van der Waals surface area contributed by atoms with E-state index in [9.17, 15) is 4.79 Å². The number of carbonyl (C=O) groups is 1. The zero-order chi connectivity index (χ0) is 14.1. The number of carbonyl (C=O) groups excluding carboxylic acids is 1. The molecule has 0 atom stereocenters. The fourth-order valence-electron chi connectivity index (χ4n) is 3.22. The highest BCUT2D eigenvalue weighted by molar-refractivity contribution is 5.93. The molecule has 20 heavy (non-hydrogen) atoms. The van der Waals surface area contributed by atoms with E-state index in [0.717, 1.165) is 31.3 Å². The van der Waals surface area contributed by atoms with Crippen molar-refractivity contribution in [2.24, 2.45) is 17.8 Å². The van der Waals surface area contributed by atoms with Crippen molar-refractivity contribution in [2.45, 2.75) is 45.6 Å². The summed E-state index contributed by atoms with van der Waals surface area (Å²) in [4.78, 5) is 12.4. The molecule has 4 nitrogen and oxygen atoms in total. The van der Waals surface area contributed by atoms with Gasteiger partial charge in [-0.2, -0.15) is 0 Å². The lowest BCUT2D eigenvalue weighted by molar-refractivity contribution is 0.0934. The Labute approximate surface area is 120 Å². The number of nitrogens with zero attached hydrogens (tertiary/aromatic N) is 1. The van der Waals surface area contributed by atoms with Crippen LogP contribution in [0.15, 0.2) is 12.3 Å². The largest absolute Gasteiger partial charge is 0.397 e. The van der Waals surface area contributed by atoms with Gasteiger partial charge < -0.3 is 15.6 Å². The van der Waals surface area contributed by atoms with Gasteiger partial charge in [0.15, 0.2) is 0 Å². The standard InChI is InChI=1S/C16H25N3O/c1-2-7-19-10-13(17)8-15(19)16(20)18-9-14(11-3-4-11)12-5-6-12/h8,10-12,14H,2-7,9,17H2,1H3,(H,18,20). The van der Waals surface area contributed by atoms with Crippen LogP contribution >= 0.6 is 0 Å². The Morgan fingerprint density at radius 3 is 2.60 bits per heavy atom. The van der Waals surface area contributed by atoms with Crippen LogP contribution in [0.2, 0.25) is 0 Å². The van der Waals surface area contributed by atoms with Crippen LogP contribution in [0, 0.1) is 17.8 Å². The first-order valence-corrected chi connectivity index (χ1v) is 7.93. The monoisotopic (exact) mass is 275 g/mol. The number of amides is 1. The molecule has 0 radical (unpaired) electrons. The average Bonchev–Trinajstić information content (AvgIpc) is 3.30. The summed E-state index contributed by atoms with van der Waals surface area (Å²) in [6.07, 6.45) is 8.29. The number of nitrogen functional groups attached to an aromatic ring is 1. The molecule has 1 heterocycles. The molecule has 0 aromatic carbocycles. The van der Waals surface area contributed by atoms with Crippen molar-refractivity contribution in [1.29, 1.82) is 0 Å². The minimum absolute atomic E-state index is 0.0291. The molecule has 2 aliphatic carbocycles. The molecule has 2 aliphatic rings. The average molecular weight is 275 g/mol. The first-order valence-electron chi connectivity index (χ1n) is 7.93. The molecule has 0 spiro atoms. The Morgan fingerprint density at radius 1 is 1.40 bits per heavy atom. The molecule has 2 fully saturated rings. The molecule has 0 bridgehead atoms. The first-order chi connectivity index (χ1) is 9.69. The van der Waals surface area contributed by atoms with Gasteiger partial charge in [0, 0.05) is 19.3 Å². The van der Waals surface area contributed by atoms with E-state index in [4.69, 9.17) is 5.73 Å². The predicted molar refractivity (Wildman–Crippen MR) is 80.4 cm³/mol. The molecule has 1 aromatic heterocycles. The Balaban J connectivity index is 1.60. The van der Waals surface area contributed by atoms with Crippen molar-refractivity contribution in [2.75, 3.05) is 12.3 Å². The second kappa shape index (κ2) is 5.51. The summed E-state index contributed by atoms with van der Waals surface area (Å²) in [7, 11) is 0. The zero-order valence-electron chi connectivity index (χ0n) is 12.3. The van der Waals surface area contributed by atoms with Gasteiger partial charge in [-0.1, -0.05) is 6.92 Å². The van der Waals surface area contributed by atoms with E-state index in [2.05, 4.69) is 12.2 Å². The van der Waals surface area contributed by atoms with Crippen LogP contribution in [0.1, 0.15) is 49.5 Å². The summed E-state index contributed by atoms with van der Waals surface area (Å²) in [5.74, 6) is 2.48. The second-order valence-corrected chi connectivity index (χ2v) is 6.40. The number of aryl methyl sites for hydroxylation is 1. The summed E-state index contributed by atoms with van der Waals surface area (Å²) < 4.78 is 1.97. The van der Waals surface area contributed by atoms with Crippen LogP contribution in [0.4, 0.5) is 5.69 Å². The maximum absolute atomic E-state index is 12.4. The summed E-state index contributed by atoms with van der Waals surface area (Å²) in [5.41, 5.74) is 7.19. The number of anilines is 1. The SMILES string of the molecule is CCCn1cc(N)cc1C(=O)NCC(C1CC1)C1CC1. The van der Waals surface area contributed by atoms with E-state index >= 15 is 0 Å². The van der Waals surface area contributed by atoms with Crippen LogP contribution in [0.3, 0.4) is 0 Å². The maximum Gasteiger partial charge on any atom is 0.267 e. The van der Waals surface area contributed by atoms with Gasteiger partial charge in [-0.15, -0.1) is 0 Å². The van der Waals surface area contributed by atoms with E-state index in [1.165, 1.54) is 25.7 Å². The van der Waals surface area contributed by atoms with Crippen LogP contribution in [-0.4, -0.2) is 17.0 Å². The highest BCUT2D eigenvalue weighted by Crippen LogP contribution is 2.48. The third-order valence-electron chi connectivity index (χ3n) is 4.57. The topological polar surface area (TPSA) is 60.0 Å². The molecule has 1 aromatic rings. The number of nitrogens with two attached hydrogens (primary N) is 1. The van der Waals surface area contributed by atoms with Gasteiger partial charge in [-0.3, -0.25) is 4.79 Å². The lowest BCUT2D eigenvalue weighted by atomic mass is 9.98. The van der Waals surface area contributed by atoms with Crippen molar-refractivity contribution in [3.05, 3.63) is 18.0 Å². The number of nitrogens with one attached hydrogen (secondary N) is 1. The number of hydrogen-bond acceptors (Lipinski definition) is 2. The summed E-state index contributed by atoms with van der Waals surface area (Å²) in [6, 6.07) is 1.79. The van der Waals surface area contributed by atoms with E-state index in [0.29, 0.717) is 17.3 Å². The Kier molecular flexibility index (Phi) is 3.72. The number of rotatable bonds is 7. The molecule has 3 N–H and O–H groups in total. The smallest absolute Gasteiger partial charge is 0.267 e. The summed E-state index contributed by atoms with van der Waals surface area (Å²) >= 11 is 0. The third-order valence-corrected chi connectivity index (χ3v) is 4.57. The van der Waals surface area contributed by atoms with Crippen molar-refractivity contribution in [1.82, 2.24) is 9.88 Å². The summed E-state index contributed by atoms with van der Waals surface area (Å²) in [5, 5.41) is 3.14. The fourth-order valence-corrected chi connectivity index (χ4v) is 3.22. The molecule has 0 unspecified atom stereocenters. The van der Waals surface area contributed by atoms with E-state index in [1.807, 2.05) is 10.8 Å². The van der Waals surface area contributed by atoms with Gasteiger partial charge in [0.25, 0.3) is 5.91 Å². The van der Waals surface area contributed by atoms with Gasteiger partial charge in [0.1, 0.15) is 5.69 Å². The lowest BCUT2D eigenvalue weighted by Gasteiger charge is -2.16. The molecule has 1 amide bonds. The van der Waals surface area contributed by atoms with Crippen LogP contribution < -0.4 is 11.1 Å². The first kappa shape index (κ1) is 13.5. The third kappa shape index (κ3) is 3.00. The molecule has 0 saturated heterocycles. The predicted octanol–water partition coefficient (Wildman–Crippen LogP) is 2.65. The summed E-state index contributed by atoms with van der Waals surface area (Å²) in [6.45, 7) is 3.79. The molecular weight excluding hydrogens is 250 g/mol. The normalized spacial score (nSPS) is 18.5. The highest BCUT2D eigenvalue weighted by atomic mass is 16.1. The quantitative estimate of drug-likeness (QED) is 0.803. The maximum atomic E-state index is 12.4. The fraction of sp³-hybridized carbons (Fsp3) is 0.688. The Hall–Kier alpha value is -1.45. The van der Waals surface area contributed by atoms with Crippen molar-refractivity contribution in [3.63, 3.8) is 0 Å². The number of aromatic nitrogens is 1. The van der Waals surface area contributed by atoms with Gasteiger partial charge in [0.2, 0.25) is 0 Å². The Morgan fingerprint density at radius 2 is 2.05 bits per heavy atom. The van der Waals surface area contributed by atoms with E-state index in [1.54, 1.807) is 6.07 Å². The zero-order valence-corrected chi connectivity index (χ0v) is 12.3. The Bertz CT molecular complexity index is 474. The second-order valence-electron chi connectivity index (χ2n) is 6.40. The molecule has 4 heteroatoms. The molecule has 3 rings (SSSR count). The van der Waals surface area contributed by atoms with Gasteiger partial charge in [-0.25, -0.2) is 0 Å². The molecule has 0 aliphatic heterocycles. The van der Waals surface area contributed by atoms with Crippen LogP contribution in [0.5, 0.6) is 0 Å². The molecule has 2 saturated carbocycles. The lowest BCUT2D eigenvalue weighted by Crippen LogP contribution is -2.32. The molecule has 110 valence electrons. The van der Waals surface area contributed by atoms with Gasteiger partial charge in [0.05, 0.1) is 5.69 Å². The van der Waals surface area contributed by atoms with Crippen molar-refractivity contribution in [3.8, 4) is 0 Å².